The van der Waals surface area contributed by atoms with Crippen LogP contribution in [0, 0.1) is 0 Å². The van der Waals surface area contributed by atoms with Crippen LogP contribution in [0.4, 0.5) is 0 Å². The summed E-state index contributed by atoms with van der Waals surface area (Å²) in [6, 6.07) is 14.1. The van der Waals surface area contributed by atoms with Crippen molar-refractivity contribution in [3.63, 3.8) is 0 Å². The first kappa shape index (κ1) is 22.0. The second-order valence-electron chi connectivity index (χ2n) is 7.42. The van der Waals surface area contributed by atoms with Gasteiger partial charge in [-0.15, -0.1) is 23.5 Å². The fourth-order valence-electron chi connectivity index (χ4n) is 3.84. The van der Waals surface area contributed by atoms with E-state index in [9.17, 15) is 0 Å². The molecule has 2 aliphatic rings. The minimum atomic E-state index is 0.115. The Morgan fingerprint density at radius 2 is 1.55 bits per heavy atom. The van der Waals surface area contributed by atoms with E-state index in [2.05, 4.69) is 25.1 Å². The SMILES string of the molecule is COc1ccc(C2C=C(c3cc(OC)ccc3OC)OC(C3SCCCS3)=C2C)cc1. The maximum absolute atomic E-state index is 6.60. The van der Waals surface area contributed by atoms with Crippen molar-refractivity contribution in [1.29, 1.82) is 0 Å². The van der Waals surface area contributed by atoms with Gasteiger partial charge in [0.25, 0.3) is 0 Å². The highest BCUT2D eigenvalue weighted by Gasteiger charge is 2.31. The Balaban J connectivity index is 1.80. The molecule has 2 aromatic rings. The molecule has 31 heavy (non-hydrogen) atoms. The van der Waals surface area contributed by atoms with E-state index < -0.39 is 0 Å². The fraction of sp³-hybridized carbons (Fsp3) is 0.360. The molecule has 0 amide bonds. The largest absolute Gasteiger partial charge is 0.497 e. The molecule has 1 atom stereocenters. The molecule has 1 unspecified atom stereocenters. The van der Waals surface area contributed by atoms with Crippen LogP contribution in [-0.2, 0) is 4.74 Å². The van der Waals surface area contributed by atoms with Crippen molar-refractivity contribution in [2.75, 3.05) is 32.8 Å². The van der Waals surface area contributed by atoms with Crippen molar-refractivity contribution in [2.24, 2.45) is 0 Å². The predicted molar refractivity (Wildman–Crippen MR) is 130 cm³/mol. The Bertz CT molecular complexity index is 976. The van der Waals surface area contributed by atoms with E-state index in [1.807, 2.05) is 53.9 Å². The van der Waals surface area contributed by atoms with Crippen LogP contribution in [0.2, 0.25) is 0 Å². The average Bonchev–Trinajstić information content (AvgIpc) is 2.84. The number of thioether (sulfide) groups is 2. The number of hydrogen-bond acceptors (Lipinski definition) is 6. The second kappa shape index (κ2) is 9.96. The van der Waals surface area contributed by atoms with Gasteiger partial charge in [-0.3, -0.25) is 0 Å². The first-order chi connectivity index (χ1) is 15.1. The van der Waals surface area contributed by atoms with E-state index in [0.29, 0.717) is 4.58 Å². The van der Waals surface area contributed by atoms with E-state index >= 15 is 0 Å². The Morgan fingerprint density at radius 1 is 0.871 bits per heavy atom. The highest BCUT2D eigenvalue weighted by atomic mass is 32.2. The first-order valence-corrected chi connectivity index (χ1v) is 12.4. The van der Waals surface area contributed by atoms with E-state index in [-0.39, 0.29) is 5.92 Å². The highest BCUT2D eigenvalue weighted by molar-refractivity contribution is 8.17. The van der Waals surface area contributed by atoms with Crippen LogP contribution in [0.15, 0.2) is 59.9 Å². The third-order valence-electron chi connectivity index (χ3n) is 5.58. The Morgan fingerprint density at radius 3 is 2.19 bits per heavy atom. The van der Waals surface area contributed by atoms with Crippen LogP contribution in [0.5, 0.6) is 17.2 Å². The zero-order chi connectivity index (χ0) is 21.8. The smallest absolute Gasteiger partial charge is 0.135 e. The first-order valence-electron chi connectivity index (χ1n) is 10.3. The predicted octanol–water partition coefficient (Wildman–Crippen LogP) is 6.34. The molecule has 2 heterocycles. The molecule has 0 spiro atoms. The molecule has 0 radical (unpaired) electrons. The van der Waals surface area contributed by atoms with Crippen LogP contribution < -0.4 is 14.2 Å². The maximum atomic E-state index is 6.60. The molecule has 0 N–H and O–H groups in total. The van der Waals surface area contributed by atoms with Crippen LogP contribution >= 0.6 is 23.5 Å². The molecule has 0 saturated carbocycles. The number of ether oxygens (including phenoxy) is 4. The molecule has 4 rings (SSSR count). The average molecular weight is 457 g/mol. The molecule has 0 aliphatic carbocycles. The van der Waals surface area contributed by atoms with Crippen molar-refractivity contribution >= 4 is 29.3 Å². The van der Waals surface area contributed by atoms with Crippen LogP contribution in [0.1, 0.15) is 30.4 Å². The summed E-state index contributed by atoms with van der Waals surface area (Å²) in [5.74, 6) is 6.69. The topological polar surface area (TPSA) is 36.9 Å². The molecule has 2 aromatic carbocycles. The Labute approximate surface area is 193 Å². The van der Waals surface area contributed by atoms with E-state index in [1.165, 1.54) is 17.6 Å². The minimum Gasteiger partial charge on any atom is -0.497 e. The summed E-state index contributed by atoms with van der Waals surface area (Å²) in [5.41, 5.74) is 3.36. The van der Waals surface area contributed by atoms with Gasteiger partial charge in [0.15, 0.2) is 0 Å². The zero-order valence-corrected chi connectivity index (χ0v) is 20.0. The third kappa shape index (κ3) is 4.70. The number of hydrogen-bond donors (Lipinski definition) is 0. The number of allylic oxidation sites excluding steroid dienone is 2. The van der Waals surface area contributed by atoms with Gasteiger partial charge in [0.2, 0.25) is 0 Å². The lowest BCUT2D eigenvalue weighted by Gasteiger charge is -2.32. The monoisotopic (exact) mass is 456 g/mol. The summed E-state index contributed by atoms with van der Waals surface area (Å²) in [5, 5.41) is 0. The van der Waals surface area contributed by atoms with Gasteiger partial charge in [-0.25, -0.2) is 0 Å². The maximum Gasteiger partial charge on any atom is 0.135 e. The highest BCUT2D eigenvalue weighted by Crippen LogP contribution is 2.47. The normalized spacial score (nSPS) is 19.5. The number of methoxy groups -OCH3 is 3. The van der Waals surface area contributed by atoms with Gasteiger partial charge in [0.05, 0.1) is 26.9 Å². The van der Waals surface area contributed by atoms with Crippen LogP contribution in [0.3, 0.4) is 0 Å². The quantitative estimate of drug-likeness (QED) is 0.505. The molecular formula is C25H28O4S2. The summed E-state index contributed by atoms with van der Waals surface area (Å²) in [6.07, 6.45) is 3.43. The van der Waals surface area contributed by atoms with Crippen LogP contribution in [-0.4, -0.2) is 37.4 Å². The van der Waals surface area contributed by atoms with Gasteiger partial charge in [-0.1, -0.05) is 12.1 Å². The van der Waals surface area contributed by atoms with Crippen molar-refractivity contribution in [2.45, 2.75) is 23.8 Å². The Kier molecular flexibility index (Phi) is 7.08. The van der Waals surface area contributed by atoms with Gasteiger partial charge in [0, 0.05) is 5.92 Å². The van der Waals surface area contributed by atoms with Gasteiger partial charge < -0.3 is 18.9 Å². The summed E-state index contributed by atoms with van der Waals surface area (Å²) >= 11 is 3.94. The van der Waals surface area contributed by atoms with E-state index in [0.717, 1.165) is 45.8 Å². The molecule has 2 aliphatic heterocycles. The fourth-order valence-corrected chi connectivity index (χ4v) is 6.81. The minimum absolute atomic E-state index is 0.115. The Hall–Kier alpha value is -2.18. The van der Waals surface area contributed by atoms with Gasteiger partial charge >= 0.3 is 0 Å². The van der Waals surface area contributed by atoms with Crippen molar-refractivity contribution < 1.29 is 18.9 Å². The summed E-state index contributed by atoms with van der Waals surface area (Å²) in [7, 11) is 5.05. The van der Waals surface area contributed by atoms with E-state index in [1.54, 1.807) is 21.3 Å². The lowest BCUT2D eigenvalue weighted by atomic mass is 9.88. The lowest BCUT2D eigenvalue weighted by Crippen LogP contribution is -2.19. The summed E-state index contributed by atoms with van der Waals surface area (Å²) in [4.78, 5) is 0. The summed E-state index contributed by atoms with van der Waals surface area (Å²) < 4.78 is 23.4. The number of benzene rings is 2. The molecule has 0 bridgehead atoms. The third-order valence-corrected chi connectivity index (χ3v) is 8.48. The lowest BCUT2D eigenvalue weighted by molar-refractivity contribution is 0.354. The molecule has 1 fully saturated rings. The zero-order valence-electron chi connectivity index (χ0n) is 18.3. The van der Waals surface area contributed by atoms with Gasteiger partial charge in [0.1, 0.15) is 33.3 Å². The standard InChI is InChI=1S/C25H28O4S2/c1-16-20(17-6-8-18(26-2)9-7-17)15-23(29-24(16)25-30-12-5-13-31-25)21-14-19(27-3)10-11-22(21)28-4/h6-11,14-15,20,25H,5,12-13H2,1-4H3. The molecule has 4 nitrogen and oxygen atoms in total. The molecule has 164 valence electrons. The van der Waals surface area contributed by atoms with E-state index in [4.69, 9.17) is 18.9 Å². The number of rotatable bonds is 6. The second-order valence-corrected chi connectivity index (χ2v) is 10.1. The van der Waals surface area contributed by atoms with Gasteiger partial charge in [-0.05, 0) is 72.4 Å². The summed E-state index contributed by atoms with van der Waals surface area (Å²) in [6.45, 7) is 2.19. The molecule has 1 saturated heterocycles. The van der Waals surface area contributed by atoms with Crippen LogP contribution in [0.25, 0.3) is 5.76 Å². The van der Waals surface area contributed by atoms with Gasteiger partial charge in [-0.2, -0.15) is 0 Å². The van der Waals surface area contributed by atoms with Crippen molar-refractivity contribution in [1.82, 2.24) is 0 Å². The van der Waals surface area contributed by atoms with Crippen molar-refractivity contribution in [3.8, 4) is 17.2 Å². The molecule has 0 aromatic heterocycles. The molecule has 6 heteroatoms. The molecular weight excluding hydrogens is 428 g/mol. The van der Waals surface area contributed by atoms with Crippen molar-refractivity contribution in [3.05, 3.63) is 71.0 Å².